The smallest absolute Gasteiger partial charge is 0.0314 e. The van der Waals surface area contributed by atoms with Gasteiger partial charge in [-0.2, -0.15) is 11.8 Å². The second-order valence-corrected chi connectivity index (χ2v) is 5.53. The Kier molecular flexibility index (Phi) is 7.07. The standard InChI is InChI=1S/C10H19ClS/c1-10(2,3)6-4-5-8-12-9-7-11/h4-5H,6-9H2,1-3H3. The van der Waals surface area contributed by atoms with Crippen LogP contribution in [-0.2, 0) is 0 Å². The molecule has 2 heteroatoms. The number of alkyl halides is 1. The molecule has 0 heterocycles. The van der Waals surface area contributed by atoms with Gasteiger partial charge in [0.1, 0.15) is 0 Å². The van der Waals surface area contributed by atoms with Gasteiger partial charge in [0.2, 0.25) is 0 Å². The van der Waals surface area contributed by atoms with Crippen LogP contribution in [0.1, 0.15) is 27.2 Å². The maximum Gasteiger partial charge on any atom is 0.0314 e. The van der Waals surface area contributed by atoms with Crippen molar-refractivity contribution in [3.63, 3.8) is 0 Å². The van der Waals surface area contributed by atoms with E-state index in [-0.39, 0.29) is 0 Å². The Balaban J connectivity index is 3.26. The van der Waals surface area contributed by atoms with Gasteiger partial charge >= 0.3 is 0 Å². The summed E-state index contributed by atoms with van der Waals surface area (Å²) in [5.41, 5.74) is 0.424. The normalized spacial score (nSPS) is 12.7. The third-order valence-corrected chi connectivity index (χ3v) is 2.67. The molecule has 0 aliphatic rings. The minimum Gasteiger partial charge on any atom is -0.157 e. The fourth-order valence-corrected chi connectivity index (χ4v) is 1.59. The van der Waals surface area contributed by atoms with Crippen molar-refractivity contribution in [1.29, 1.82) is 0 Å². The van der Waals surface area contributed by atoms with Crippen molar-refractivity contribution in [2.75, 3.05) is 17.4 Å². The molecule has 0 nitrogen and oxygen atoms in total. The average Bonchev–Trinajstić information content (AvgIpc) is 1.94. The van der Waals surface area contributed by atoms with Crippen LogP contribution >= 0.6 is 23.4 Å². The monoisotopic (exact) mass is 206 g/mol. The van der Waals surface area contributed by atoms with Crippen molar-refractivity contribution in [1.82, 2.24) is 0 Å². The van der Waals surface area contributed by atoms with Gasteiger partial charge in [-0.15, -0.1) is 11.6 Å². The summed E-state index contributed by atoms with van der Waals surface area (Å²) in [5, 5.41) is 0. The summed E-state index contributed by atoms with van der Waals surface area (Å²) in [6.45, 7) is 6.76. The molecule has 0 aliphatic carbocycles. The molecule has 0 rings (SSSR count). The fraction of sp³-hybridized carbons (Fsp3) is 0.800. The van der Waals surface area contributed by atoms with Crippen LogP contribution in [0.4, 0.5) is 0 Å². The second kappa shape index (κ2) is 6.85. The van der Waals surface area contributed by atoms with Gasteiger partial charge in [0.25, 0.3) is 0 Å². The zero-order chi connectivity index (χ0) is 9.45. The number of hydrogen-bond acceptors (Lipinski definition) is 1. The lowest BCUT2D eigenvalue weighted by Gasteiger charge is -2.14. The van der Waals surface area contributed by atoms with Gasteiger partial charge in [0.05, 0.1) is 0 Å². The SMILES string of the molecule is CC(C)(C)CC=CCSCCCl. The van der Waals surface area contributed by atoms with Gasteiger partial charge in [-0.25, -0.2) is 0 Å². The topological polar surface area (TPSA) is 0 Å². The minimum atomic E-state index is 0.424. The average molecular weight is 207 g/mol. The summed E-state index contributed by atoms with van der Waals surface area (Å²) in [7, 11) is 0. The lowest BCUT2D eigenvalue weighted by Crippen LogP contribution is -2.01. The lowest BCUT2D eigenvalue weighted by molar-refractivity contribution is 0.420. The maximum atomic E-state index is 5.54. The van der Waals surface area contributed by atoms with Crippen LogP contribution in [0.25, 0.3) is 0 Å². The van der Waals surface area contributed by atoms with E-state index in [1.165, 1.54) is 0 Å². The Morgan fingerprint density at radius 1 is 1.25 bits per heavy atom. The summed E-state index contributed by atoms with van der Waals surface area (Å²) in [6, 6.07) is 0. The molecule has 0 atom stereocenters. The summed E-state index contributed by atoms with van der Waals surface area (Å²) in [4.78, 5) is 0. The van der Waals surface area contributed by atoms with Crippen molar-refractivity contribution >= 4 is 23.4 Å². The first-order valence-corrected chi connectivity index (χ1v) is 6.04. The molecule has 0 N–H and O–H groups in total. The lowest BCUT2D eigenvalue weighted by atomic mass is 9.92. The van der Waals surface area contributed by atoms with Crippen molar-refractivity contribution in [2.24, 2.45) is 5.41 Å². The maximum absolute atomic E-state index is 5.54. The molecule has 0 fully saturated rings. The molecule has 0 amide bonds. The molecule has 0 spiro atoms. The highest BCUT2D eigenvalue weighted by atomic mass is 35.5. The van der Waals surface area contributed by atoms with Gasteiger partial charge in [-0.3, -0.25) is 0 Å². The summed E-state index contributed by atoms with van der Waals surface area (Å²) in [5.74, 6) is 2.92. The zero-order valence-corrected chi connectivity index (χ0v) is 9.84. The van der Waals surface area contributed by atoms with E-state index in [0.717, 1.165) is 23.8 Å². The van der Waals surface area contributed by atoms with E-state index in [2.05, 4.69) is 32.9 Å². The number of thioether (sulfide) groups is 1. The Hall–Kier alpha value is 0.380. The zero-order valence-electron chi connectivity index (χ0n) is 8.27. The van der Waals surface area contributed by atoms with E-state index in [0.29, 0.717) is 5.41 Å². The van der Waals surface area contributed by atoms with Gasteiger partial charge in [0.15, 0.2) is 0 Å². The molecule has 0 radical (unpaired) electrons. The number of allylic oxidation sites excluding steroid dienone is 1. The molecule has 0 bridgehead atoms. The third-order valence-electron chi connectivity index (χ3n) is 1.33. The third kappa shape index (κ3) is 10.4. The highest BCUT2D eigenvalue weighted by Crippen LogP contribution is 2.18. The van der Waals surface area contributed by atoms with Crippen LogP contribution in [0.5, 0.6) is 0 Å². The highest BCUT2D eigenvalue weighted by molar-refractivity contribution is 7.99. The van der Waals surface area contributed by atoms with Crippen LogP contribution in [-0.4, -0.2) is 17.4 Å². The summed E-state index contributed by atoms with van der Waals surface area (Å²) >= 11 is 7.43. The van der Waals surface area contributed by atoms with E-state index >= 15 is 0 Å². The number of hydrogen-bond donors (Lipinski definition) is 0. The Morgan fingerprint density at radius 3 is 2.42 bits per heavy atom. The van der Waals surface area contributed by atoms with Crippen molar-refractivity contribution in [3.05, 3.63) is 12.2 Å². The summed E-state index contributed by atoms with van der Waals surface area (Å²) < 4.78 is 0. The molecule has 0 aliphatic heterocycles. The molecule has 12 heavy (non-hydrogen) atoms. The van der Waals surface area contributed by atoms with Crippen molar-refractivity contribution in [2.45, 2.75) is 27.2 Å². The Labute approximate surface area is 85.8 Å². The van der Waals surface area contributed by atoms with E-state index < -0.39 is 0 Å². The quantitative estimate of drug-likeness (QED) is 0.373. The van der Waals surface area contributed by atoms with Crippen LogP contribution in [0.15, 0.2) is 12.2 Å². The van der Waals surface area contributed by atoms with E-state index in [9.17, 15) is 0 Å². The summed E-state index contributed by atoms with van der Waals surface area (Å²) in [6.07, 6.45) is 5.66. The largest absolute Gasteiger partial charge is 0.157 e. The van der Waals surface area contributed by atoms with E-state index in [4.69, 9.17) is 11.6 Å². The molecule has 0 saturated heterocycles. The predicted octanol–water partition coefficient (Wildman–Crippen LogP) is 3.95. The van der Waals surface area contributed by atoms with Gasteiger partial charge in [-0.1, -0.05) is 32.9 Å². The molecule has 0 aromatic carbocycles. The minimum absolute atomic E-state index is 0.424. The molecule has 0 aromatic heterocycles. The molecule has 0 aromatic rings. The first-order valence-electron chi connectivity index (χ1n) is 4.35. The Bertz CT molecular complexity index is 124. The molecular formula is C10H19ClS. The number of halogens is 1. The van der Waals surface area contributed by atoms with E-state index in [1.54, 1.807) is 0 Å². The first-order chi connectivity index (χ1) is 5.56. The van der Waals surface area contributed by atoms with E-state index in [1.807, 2.05) is 11.8 Å². The highest BCUT2D eigenvalue weighted by Gasteiger charge is 2.05. The molecule has 0 saturated carbocycles. The van der Waals surface area contributed by atoms with Gasteiger partial charge in [0, 0.05) is 17.4 Å². The Morgan fingerprint density at radius 2 is 1.92 bits per heavy atom. The predicted molar refractivity (Wildman–Crippen MR) is 61.3 cm³/mol. The molecule has 72 valence electrons. The van der Waals surface area contributed by atoms with Crippen LogP contribution in [0.3, 0.4) is 0 Å². The first kappa shape index (κ1) is 12.4. The van der Waals surface area contributed by atoms with Crippen molar-refractivity contribution in [3.8, 4) is 0 Å². The van der Waals surface area contributed by atoms with Gasteiger partial charge in [-0.05, 0) is 11.8 Å². The fourth-order valence-electron chi connectivity index (χ4n) is 0.711. The second-order valence-electron chi connectivity index (χ2n) is 4.00. The van der Waals surface area contributed by atoms with Crippen molar-refractivity contribution < 1.29 is 0 Å². The molecule has 0 unspecified atom stereocenters. The van der Waals surface area contributed by atoms with Gasteiger partial charge < -0.3 is 0 Å². The number of rotatable bonds is 5. The van der Waals surface area contributed by atoms with Crippen LogP contribution in [0.2, 0.25) is 0 Å². The molecular weight excluding hydrogens is 188 g/mol. The van der Waals surface area contributed by atoms with Crippen LogP contribution in [0, 0.1) is 5.41 Å². The van der Waals surface area contributed by atoms with Crippen LogP contribution < -0.4 is 0 Å².